The topological polar surface area (TPSA) is 55.8 Å². The Morgan fingerprint density at radius 3 is 2.88 bits per heavy atom. The zero-order chi connectivity index (χ0) is 12.0. The van der Waals surface area contributed by atoms with E-state index in [2.05, 4.69) is 4.90 Å². The van der Waals surface area contributed by atoms with Crippen LogP contribution in [0.15, 0.2) is 0 Å². The molecule has 5 nitrogen and oxygen atoms in total. The molecule has 0 N–H and O–H groups in total. The molecule has 1 unspecified atom stereocenters. The normalized spacial score (nSPS) is 23.5. The molecule has 0 bridgehead atoms. The summed E-state index contributed by atoms with van der Waals surface area (Å²) < 4.78 is 32.7. The van der Waals surface area contributed by atoms with Gasteiger partial charge in [0.1, 0.15) is 9.84 Å². The summed E-state index contributed by atoms with van der Waals surface area (Å²) in [6.07, 6.45) is 2.31. The maximum atomic E-state index is 11.0. The van der Waals surface area contributed by atoms with Crippen LogP contribution in [0.1, 0.15) is 6.42 Å². The van der Waals surface area contributed by atoms with Gasteiger partial charge in [0.2, 0.25) is 0 Å². The molecule has 16 heavy (non-hydrogen) atoms. The third-order valence-electron chi connectivity index (χ3n) is 2.65. The predicted octanol–water partition coefficient (Wildman–Crippen LogP) is -0.232. The molecule has 1 atom stereocenters. The number of hydrogen-bond acceptors (Lipinski definition) is 5. The van der Waals surface area contributed by atoms with Crippen molar-refractivity contribution in [2.75, 3.05) is 52.0 Å². The van der Waals surface area contributed by atoms with Crippen molar-refractivity contribution in [1.29, 1.82) is 0 Å². The second kappa shape index (κ2) is 6.54. The van der Waals surface area contributed by atoms with Crippen LogP contribution < -0.4 is 0 Å². The lowest BCUT2D eigenvalue weighted by molar-refractivity contribution is -0.0388. The predicted molar refractivity (Wildman–Crippen MR) is 62.4 cm³/mol. The first-order valence-corrected chi connectivity index (χ1v) is 7.58. The van der Waals surface area contributed by atoms with Gasteiger partial charge in [-0.05, 0) is 6.42 Å². The number of ether oxygens (including phenoxy) is 2. The van der Waals surface area contributed by atoms with Gasteiger partial charge in [0.05, 0.1) is 18.5 Å². The van der Waals surface area contributed by atoms with E-state index in [1.165, 1.54) is 6.26 Å². The largest absolute Gasteiger partial charge is 0.385 e. The van der Waals surface area contributed by atoms with Gasteiger partial charge in [0.25, 0.3) is 0 Å². The Kier molecular flexibility index (Phi) is 5.68. The van der Waals surface area contributed by atoms with E-state index in [4.69, 9.17) is 9.47 Å². The molecule has 0 aliphatic carbocycles. The Morgan fingerprint density at radius 1 is 1.50 bits per heavy atom. The highest BCUT2D eigenvalue weighted by Gasteiger charge is 2.20. The molecule has 1 fully saturated rings. The number of sulfone groups is 1. The van der Waals surface area contributed by atoms with Crippen LogP contribution in [0.4, 0.5) is 0 Å². The van der Waals surface area contributed by atoms with Gasteiger partial charge in [-0.1, -0.05) is 0 Å². The van der Waals surface area contributed by atoms with Crippen molar-refractivity contribution >= 4 is 9.84 Å². The third-order valence-corrected chi connectivity index (χ3v) is 3.57. The van der Waals surface area contributed by atoms with Gasteiger partial charge in [-0.25, -0.2) is 8.42 Å². The molecule has 0 spiro atoms. The van der Waals surface area contributed by atoms with Crippen molar-refractivity contribution < 1.29 is 17.9 Å². The molecule has 1 saturated heterocycles. The fourth-order valence-corrected chi connectivity index (χ4v) is 2.29. The fourth-order valence-electron chi connectivity index (χ4n) is 1.70. The summed E-state index contributed by atoms with van der Waals surface area (Å²) in [5.41, 5.74) is 0. The van der Waals surface area contributed by atoms with Crippen LogP contribution in [-0.4, -0.2) is 71.4 Å². The Bertz CT molecular complexity index is 291. The molecule has 6 heteroatoms. The molecule has 1 rings (SSSR count). The van der Waals surface area contributed by atoms with Crippen LogP contribution >= 0.6 is 0 Å². The van der Waals surface area contributed by atoms with Crippen LogP contribution in [0.5, 0.6) is 0 Å². The summed E-state index contributed by atoms with van der Waals surface area (Å²) in [7, 11) is -1.19. The zero-order valence-electron chi connectivity index (χ0n) is 10.0. The lowest BCUT2D eigenvalue weighted by Crippen LogP contribution is -2.44. The maximum absolute atomic E-state index is 11.0. The Morgan fingerprint density at radius 2 is 2.25 bits per heavy atom. The van der Waals surface area contributed by atoms with Crippen LogP contribution in [0.2, 0.25) is 0 Å². The molecule has 1 heterocycles. The first-order chi connectivity index (χ1) is 7.51. The number of rotatable bonds is 6. The molecular formula is C10H21NO4S. The molecule has 1 aliphatic rings. The molecule has 1 aliphatic heterocycles. The average molecular weight is 251 g/mol. The quantitative estimate of drug-likeness (QED) is 0.652. The molecule has 0 amide bonds. The van der Waals surface area contributed by atoms with E-state index >= 15 is 0 Å². The summed E-state index contributed by atoms with van der Waals surface area (Å²) in [6.45, 7) is 3.59. The minimum atomic E-state index is -2.87. The smallest absolute Gasteiger partial charge is 0.148 e. The van der Waals surface area contributed by atoms with E-state index in [9.17, 15) is 8.42 Å². The first-order valence-electron chi connectivity index (χ1n) is 5.52. The average Bonchev–Trinajstić information content (AvgIpc) is 2.23. The van der Waals surface area contributed by atoms with E-state index in [1.54, 1.807) is 7.11 Å². The lowest BCUT2D eigenvalue weighted by Gasteiger charge is -2.32. The summed E-state index contributed by atoms with van der Waals surface area (Å²) >= 11 is 0. The van der Waals surface area contributed by atoms with Crippen molar-refractivity contribution in [3.05, 3.63) is 0 Å². The van der Waals surface area contributed by atoms with Gasteiger partial charge in [0, 0.05) is 39.6 Å². The van der Waals surface area contributed by atoms with Crippen LogP contribution in [0.25, 0.3) is 0 Å². The van der Waals surface area contributed by atoms with E-state index in [0.29, 0.717) is 19.8 Å². The second-order valence-electron chi connectivity index (χ2n) is 4.20. The van der Waals surface area contributed by atoms with Crippen LogP contribution in [-0.2, 0) is 19.3 Å². The summed E-state index contributed by atoms with van der Waals surface area (Å²) in [4.78, 5) is 2.14. The van der Waals surface area contributed by atoms with E-state index in [0.717, 1.165) is 19.5 Å². The van der Waals surface area contributed by atoms with Gasteiger partial charge in [-0.2, -0.15) is 0 Å². The van der Waals surface area contributed by atoms with Gasteiger partial charge < -0.3 is 9.47 Å². The zero-order valence-corrected chi connectivity index (χ0v) is 10.8. The van der Waals surface area contributed by atoms with Crippen LogP contribution in [0, 0.1) is 0 Å². The number of morpholine rings is 1. The van der Waals surface area contributed by atoms with Crippen molar-refractivity contribution in [2.24, 2.45) is 0 Å². The fraction of sp³-hybridized carbons (Fsp3) is 1.00. The summed E-state index contributed by atoms with van der Waals surface area (Å²) in [5.74, 6) is 0.226. The van der Waals surface area contributed by atoms with Crippen molar-refractivity contribution in [1.82, 2.24) is 4.90 Å². The highest BCUT2D eigenvalue weighted by molar-refractivity contribution is 7.90. The standard InChI is InChI=1S/C10H21NO4S/c1-14-6-3-10-9-11(4-7-15-10)5-8-16(2,12)13/h10H,3-9H2,1-2H3. The Hall–Kier alpha value is -0.170. The minimum Gasteiger partial charge on any atom is -0.385 e. The SMILES string of the molecule is COCCC1CN(CCS(C)(=O)=O)CCO1. The minimum absolute atomic E-state index is 0.174. The van der Waals surface area contributed by atoms with Gasteiger partial charge >= 0.3 is 0 Å². The number of nitrogens with zero attached hydrogens (tertiary/aromatic N) is 1. The van der Waals surface area contributed by atoms with Gasteiger partial charge in [-0.3, -0.25) is 4.90 Å². The van der Waals surface area contributed by atoms with Gasteiger partial charge in [0.15, 0.2) is 0 Å². The summed E-state index contributed by atoms with van der Waals surface area (Å²) in [5, 5.41) is 0. The second-order valence-corrected chi connectivity index (χ2v) is 6.46. The molecule has 96 valence electrons. The highest BCUT2D eigenvalue weighted by atomic mass is 32.2. The Labute approximate surface area is 97.6 Å². The molecular weight excluding hydrogens is 230 g/mol. The molecule has 0 saturated carbocycles. The Balaban J connectivity index is 2.27. The van der Waals surface area contributed by atoms with Crippen molar-refractivity contribution in [2.45, 2.75) is 12.5 Å². The van der Waals surface area contributed by atoms with E-state index in [1.807, 2.05) is 0 Å². The third kappa shape index (κ3) is 5.79. The summed E-state index contributed by atoms with van der Waals surface area (Å²) in [6, 6.07) is 0. The van der Waals surface area contributed by atoms with Gasteiger partial charge in [-0.15, -0.1) is 0 Å². The number of methoxy groups -OCH3 is 1. The maximum Gasteiger partial charge on any atom is 0.148 e. The van der Waals surface area contributed by atoms with Crippen molar-refractivity contribution in [3.63, 3.8) is 0 Å². The molecule has 0 aromatic rings. The highest BCUT2D eigenvalue weighted by Crippen LogP contribution is 2.08. The molecule has 0 radical (unpaired) electrons. The van der Waals surface area contributed by atoms with E-state index < -0.39 is 9.84 Å². The van der Waals surface area contributed by atoms with E-state index in [-0.39, 0.29) is 11.9 Å². The monoisotopic (exact) mass is 251 g/mol. The first kappa shape index (κ1) is 13.9. The molecule has 0 aromatic heterocycles. The lowest BCUT2D eigenvalue weighted by atomic mass is 10.2. The van der Waals surface area contributed by atoms with Crippen LogP contribution in [0.3, 0.4) is 0 Å². The number of hydrogen-bond donors (Lipinski definition) is 0. The molecule has 0 aromatic carbocycles. The van der Waals surface area contributed by atoms with Crippen molar-refractivity contribution in [3.8, 4) is 0 Å².